The zero-order chi connectivity index (χ0) is 21.6. The Morgan fingerprint density at radius 3 is 2.94 bits per heavy atom. The third-order valence-corrected chi connectivity index (χ3v) is 5.35. The Morgan fingerprint density at radius 2 is 2.10 bits per heavy atom. The first-order valence-electron chi connectivity index (χ1n) is 10.2. The predicted molar refractivity (Wildman–Crippen MR) is 123 cm³/mol. The van der Waals surface area contributed by atoms with Gasteiger partial charge >= 0.3 is 0 Å². The molecule has 0 saturated heterocycles. The molecule has 2 aromatic carbocycles. The van der Waals surface area contributed by atoms with E-state index in [0.29, 0.717) is 10.8 Å². The van der Waals surface area contributed by atoms with Crippen molar-refractivity contribution in [2.24, 2.45) is 5.41 Å². The second kappa shape index (κ2) is 7.44. The first-order chi connectivity index (χ1) is 14.9. The van der Waals surface area contributed by atoms with Gasteiger partial charge in [-0.1, -0.05) is 29.5 Å². The van der Waals surface area contributed by atoms with Crippen molar-refractivity contribution in [3.63, 3.8) is 0 Å². The van der Waals surface area contributed by atoms with Crippen LogP contribution < -0.4 is 10.1 Å². The van der Waals surface area contributed by atoms with Crippen LogP contribution in [0.5, 0.6) is 5.75 Å². The number of halogens is 1. The normalized spacial score (nSPS) is 16.1. The van der Waals surface area contributed by atoms with Crippen molar-refractivity contribution in [3.8, 4) is 17.6 Å². The van der Waals surface area contributed by atoms with Crippen LogP contribution in [-0.4, -0.2) is 26.1 Å². The summed E-state index contributed by atoms with van der Waals surface area (Å²) in [7, 11) is 0. The van der Waals surface area contributed by atoms with Gasteiger partial charge in [-0.15, -0.1) is 10.2 Å². The third-order valence-electron chi connectivity index (χ3n) is 5.12. The number of aromatic nitrogens is 4. The molecule has 0 radical (unpaired) electrons. The lowest BCUT2D eigenvalue weighted by atomic mass is 9.97. The topological polar surface area (TPSA) is 64.3 Å². The van der Waals surface area contributed by atoms with E-state index in [1.807, 2.05) is 40.8 Å². The average molecular weight is 432 g/mol. The zero-order valence-electron chi connectivity index (χ0n) is 17.6. The van der Waals surface area contributed by atoms with Crippen LogP contribution in [0.3, 0.4) is 0 Å². The van der Waals surface area contributed by atoms with Crippen LogP contribution in [0.25, 0.3) is 16.7 Å². The van der Waals surface area contributed by atoms with Gasteiger partial charge in [0.1, 0.15) is 12.4 Å². The number of nitrogens with one attached hydrogen (secondary N) is 1. The van der Waals surface area contributed by atoms with Crippen molar-refractivity contribution in [1.29, 1.82) is 0 Å². The fourth-order valence-electron chi connectivity index (χ4n) is 3.70. The van der Waals surface area contributed by atoms with E-state index in [1.54, 1.807) is 6.33 Å². The fraction of sp³-hybridized carbons (Fsp3) is 0.292. The van der Waals surface area contributed by atoms with E-state index in [-0.39, 0.29) is 11.5 Å². The maximum atomic E-state index is 6.59. The van der Waals surface area contributed by atoms with E-state index in [4.69, 9.17) is 21.3 Å². The molecule has 1 atom stereocenters. The van der Waals surface area contributed by atoms with Gasteiger partial charge in [0.25, 0.3) is 5.78 Å². The quantitative estimate of drug-likeness (QED) is 0.416. The van der Waals surface area contributed by atoms with Gasteiger partial charge in [0.2, 0.25) is 0 Å². The third kappa shape index (κ3) is 3.77. The average Bonchev–Trinajstić information content (AvgIpc) is 3.10. The summed E-state index contributed by atoms with van der Waals surface area (Å²) < 4.78 is 8.43. The summed E-state index contributed by atoms with van der Waals surface area (Å²) in [6, 6.07) is 11.8. The second-order valence-corrected chi connectivity index (χ2v) is 9.10. The molecule has 3 heterocycles. The number of para-hydroxylation sites is 1. The highest BCUT2D eigenvalue weighted by atomic mass is 35.5. The van der Waals surface area contributed by atoms with Gasteiger partial charge in [-0.2, -0.15) is 0 Å². The van der Waals surface area contributed by atoms with Gasteiger partial charge in [0, 0.05) is 28.8 Å². The number of ether oxygens (including phenoxy) is 1. The highest BCUT2D eigenvalue weighted by Crippen LogP contribution is 2.38. The molecule has 1 unspecified atom stereocenters. The van der Waals surface area contributed by atoms with Crippen molar-refractivity contribution in [2.75, 3.05) is 11.9 Å². The SMILES string of the molecule is CC(C)(C)C#Cc1cccc2c1OC(c1nc3nncn3c3cc(Cl)ccc13)CCN2. The molecule has 0 fully saturated rings. The fourth-order valence-corrected chi connectivity index (χ4v) is 3.86. The first-order valence-corrected chi connectivity index (χ1v) is 10.6. The van der Waals surface area contributed by atoms with Crippen LogP contribution in [0.1, 0.15) is 44.6 Å². The molecular formula is C24H22ClN5O. The number of hydrogen-bond donors (Lipinski definition) is 1. The van der Waals surface area contributed by atoms with Gasteiger partial charge in [0.05, 0.1) is 22.5 Å². The molecule has 0 aliphatic carbocycles. The summed E-state index contributed by atoms with van der Waals surface area (Å²) in [6.07, 6.45) is 2.13. The molecule has 7 heteroatoms. The van der Waals surface area contributed by atoms with Gasteiger partial charge in [-0.3, -0.25) is 4.40 Å². The van der Waals surface area contributed by atoms with E-state index in [2.05, 4.69) is 48.1 Å². The standard InChI is InChI=1S/C24H22ClN5O/c1-24(2,3)11-9-15-5-4-6-18-22(15)31-20(10-12-26-18)21-17-8-7-16(25)13-19(17)30-14-27-29-23(30)28-21/h4-8,13-14,20,26H,10,12H2,1-3H3. The molecule has 31 heavy (non-hydrogen) atoms. The number of fused-ring (bicyclic) bond motifs is 4. The largest absolute Gasteiger partial charge is 0.481 e. The van der Waals surface area contributed by atoms with E-state index in [9.17, 15) is 0 Å². The Kier molecular flexibility index (Phi) is 4.71. The van der Waals surface area contributed by atoms with Crippen molar-refractivity contribution >= 4 is 34.0 Å². The van der Waals surface area contributed by atoms with Crippen molar-refractivity contribution in [2.45, 2.75) is 33.3 Å². The molecule has 0 amide bonds. The minimum Gasteiger partial charge on any atom is -0.481 e. The molecule has 0 spiro atoms. The molecule has 1 aliphatic heterocycles. The van der Waals surface area contributed by atoms with E-state index >= 15 is 0 Å². The Labute approximate surface area is 185 Å². The predicted octanol–water partition coefficient (Wildman–Crippen LogP) is 5.26. The Bertz CT molecular complexity index is 1360. The number of benzene rings is 2. The van der Waals surface area contributed by atoms with Crippen molar-refractivity contribution in [1.82, 2.24) is 19.6 Å². The summed E-state index contributed by atoms with van der Waals surface area (Å²) in [5.74, 6) is 7.89. The summed E-state index contributed by atoms with van der Waals surface area (Å²) in [4.78, 5) is 4.80. The summed E-state index contributed by atoms with van der Waals surface area (Å²) in [5, 5.41) is 13.3. The summed E-state index contributed by atoms with van der Waals surface area (Å²) in [5.41, 5.74) is 3.43. The van der Waals surface area contributed by atoms with Gasteiger partial charge in [-0.25, -0.2) is 4.98 Å². The minimum atomic E-state index is -0.267. The van der Waals surface area contributed by atoms with Crippen LogP contribution in [0, 0.1) is 17.3 Å². The molecule has 0 saturated carbocycles. The van der Waals surface area contributed by atoms with Gasteiger partial charge in [0.15, 0.2) is 5.75 Å². The minimum absolute atomic E-state index is 0.101. The van der Waals surface area contributed by atoms with Gasteiger partial charge in [-0.05, 0) is 51.1 Å². The monoisotopic (exact) mass is 431 g/mol. The Balaban J connectivity index is 1.65. The maximum absolute atomic E-state index is 6.59. The van der Waals surface area contributed by atoms with Crippen LogP contribution in [0.2, 0.25) is 5.02 Å². The molecule has 5 rings (SSSR count). The molecule has 1 aliphatic rings. The van der Waals surface area contributed by atoms with Crippen LogP contribution in [0.4, 0.5) is 5.69 Å². The number of nitrogens with zero attached hydrogens (tertiary/aromatic N) is 4. The molecule has 1 N–H and O–H groups in total. The van der Waals surface area contributed by atoms with Crippen molar-refractivity contribution < 1.29 is 4.74 Å². The van der Waals surface area contributed by atoms with E-state index in [0.717, 1.165) is 46.6 Å². The lowest BCUT2D eigenvalue weighted by Crippen LogP contribution is -2.13. The highest BCUT2D eigenvalue weighted by molar-refractivity contribution is 6.31. The highest BCUT2D eigenvalue weighted by Gasteiger charge is 2.25. The van der Waals surface area contributed by atoms with E-state index in [1.165, 1.54) is 0 Å². The molecule has 0 bridgehead atoms. The van der Waals surface area contributed by atoms with Crippen molar-refractivity contribution in [3.05, 3.63) is 59.0 Å². The molecule has 6 nitrogen and oxygen atoms in total. The summed E-state index contributed by atoms with van der Waals surface area (Å²) in [6.45, 7) is 7.04. The zero-order valence-corrected chi connectivity index (χ0v) is 18.4. The van der Waals surface area contributed by atoms with Crippen LogP contribution in [0.15, 0.2) is 42.7 Å². The Morgan fingerprint density at radius 1 is 1.23 bits per heavy atom. The molecule has 4 aromatic rings. The van der Waals surface area contributed by atoms with Gasteiger partial charge < -0.3 is 10.1 Å². The summed E-state index contributed by atoms with van der Waals surface area (Å²) >= 11 is 6.28. The molecule has 2 aromatic heterocycles. The molecule has 156 valence electrons. The lowest BCUT2D eigenvalue weighted by molar-refractivity contribution is 0.202. The number of rotatable bonds is 1. The molecular weight excluding hydrogens is 410 g/mol. The number of hydrogen-bond acceptors (Lipinski definition) is 5. The van der Waals surface area contributed by atoms with Crippen LogP contribution in [-0.2, 0) is 0 Å². The maximum Gasteiger partial charge on any atom is 0.255 e. The van der Waals surface area contributed by atoms with Crippen LogP contribution >= 0.6 is 11.6 Å². The lowest BCUT2D eigenvalue weighted by Gasteiger charge is -2.19. The Hall–Kier alpha value is -3.30. The first kappa shape index (κ1) is 19.7. The number of anilines is 1. The second-order valence-electron chi connectivity index (χ2n) is 8.66. The smallest absolute Gasteiger partial charge is 0.255 e. The van der Waals surface area contributed by atoms with E-state index < -0.39 is 0 Å².